The Morgan fingerprint density at radius 1 is 1.23 bits per heavy atom. The first kappa shape index (κ1) is 21.1. The number of furan rings is 1. The predicted molar refractivity (Wildman–Crippen MR) is 124 cm³/mol. The quantitative estimate of drug-likeness (QED) is 0.447. The molecule has 1 aromatic rings. The Morgan fingerprint density at radius 2 is 2.10 bits per heavy atom. The predicted octanol–water partition coefficient (Wildman–Crippen LogP) is 5.76. The van der Waals surface area contributed by atoms with Crippen LogP contribution in [0.3, 0.4) is 0 Å². The fraction of sp³-hybridized carbons (Fsp3) is 0.667. The van der Waals surface area contributed by atoms with E-state index >= 15 is 0 Å². The summed E-state index contributed by atoms with van der Waals surface area (Å²) in [5.41, 5.74) is 0.990. The van der Waals surface area contributed by atoms with E-state index in [1.807, 2.05) is 0 Å². The molecule has 0 saturated carbocycles. The molecule has 2 saturated heterocycles. The number of hydrogen-bond acceptors (Lipinski definition) is 3. The van der Waals surface area contributed by atoms with E-state index in [2.05, 4.69) is 47.6 Å². The molecule has 31 heavy (non-hydrogen) atoms. The maximum Gasteiger partial charge on any atom is 0.231 e. The van der Waals surface area contributed by atoms with Crippen molar-refractivity contribution in [3.63, 3.8) is 0 Å². The molecule has 4 aliphatic heterocycles. The van der Waals surface area contributed by atoms with Gasteiger partial charge in [0, 0.05) is 31.5 Å². The first-order valence-electron chi connectivity index (χ1n) is 12.7. The minimum atomic E-state index is -0.353. The molecule has 0 N–H and O–H groups in total. The van der Waals surface area contributed by atoms with E-state index < -0.39 is 0 Å². The van der Waals surface area contributed by atoms with Crippen molar-refractivity contribution in [3.05, 3.63) is 48.0 Å². The molecule has 4 unspecified atom stereocenters. The number of likely N-dealkylation sites (tertiary alicyclic amines) is 1. The normalized spacial score (nSPS) is 33.0. The van der Waals surface area contributed by atoms with Gasteiger partial charge >= 0.3 is 0 Å². The molecule has 0 aromatic carbocycles. The van der Waals surface area contributed by atoms with Crippen molar-refractivity contribution in [2.24, 2.45) is 5.41 Å². The lowest BCUT2D eigenvalue weighted by Gasteiger charge is -2.44. The molecule has 4 nitrogen and oxygen atoms in total. The van der Waals surface area contributed by atoms with Crippen molar-refractivity contribution in [2.45, 2.75) is 89.1 Å². The monoisotopic (exact) mass is 422 g/mol. The van der Waals surface area contributed by atoms with E-state index in [9.17, 15) is 4.79 Å². The largest absolute Gasteiger partial charge is 0.464 e. The first-order valence-corrected chi connectivity index (χ1v) is 12.7. The van der Waals surface area contributed by atoms with Gasteiger partial charge in [-0.2, -0.15) is 0 Å². The second kappa shape index (κ2) is 8.61. The lowest BCUT2D eigenvalue weighted by atomic mass is 9.67. The smallest absolute Gasteiger partial charge is 0.231 e. The third-order valence-electron chi connectivity index (χ3n) is 8.32. The van der Waals surface area contributed by atoms with Gasteiger partial charge in [0.15, 0.2) is 0 Å². The van der Waals surface area contributed by atoms with Crippen LogP contribution in [0.15, 0.2) is 35.3 Å². The van der Waals surface area contributed by atoms with Crippen LogP contribution in [0.1, 0.15) is 93.8 Å². The van der Waals surface area contributed by atoms with E-state index in [0.29, 0.717) is 11.8 Å². The SMILES string of the molecule is C=CC1CC23C(=O)N4CCCCC=CCCc5cc(c(o5)C2N1CCCCC)C3CC4. The van der Waals surface area contributed by atoms with Gasteiger partial charge in [0.25, 0.3) is 0 Å². The fourth-order valence-electron chi connectivity index (χ4n) is 6.89. The molecule has 4 atom stereocenters. The van der Waals surface area contributed by atoms with Crippen molar-refractivity contribution in [1.29, 1.82) is 0 Å². The molecule has 1 aliphatic carbocycles. The Balaban J connectivity index is 1.58. The fourth-order valence-corrected chi connectivity index (χ4v) is 6.89. The number of fused-ring (bicyclic) bond motifs is 7. The van der Waals surface area contributed by atoms with Crippen molar-refractivity contribution in [2.75, 3.05) is 19.6 Å². The van der Waals surface area contributed by atoms with Crippen LogP contribution in [-0.4, -0.2) is 41.4 Å². The second-order valence-corrected chi connectivity index (χ2v) is 10.1. The Hall–Kier alpha value is -1.81. The van der Waals surface area contributed by atoms with E-state index in [1.165, 1.54) is 24.8 Å². The minimum Gasteiger partial charge on any atom is -0.464 e. The Labute approximate surface area is 187 Å². The summed E-state index contributed by atoms with van der Waals surface area (Å²) in [6.07, 6.45) is 17.6. The van der Waals surface area contributed by atoms with Crippen LogP contribution in [0, 0.1) is 5.41 Å². The maximum atomic E-state index is 14.2. The van der Waals surface area contributed by atoms with Gasteiger partial charge in [-0.25, -0.2) is 0 Å². The summed E-state index contributed by atoms with van der Waals surface area (Å²) in [6.45, 7) is 9.25. The molecule has 6 bridgehead atoms. The first-order chi connectivity index (χ1) is 15.2. The third kappa shape index (κ3) is 3.33. The van der Waals surface area contributed by atoms with Crippen LogP contribution in [-0.2, 0) is 11.2 Å². The van der Waals surface area contributed by atoms with Crippen LogP contribution in [0.2, 0.25) is 0 Å². The number of amides is 1. The molecule has 2 fully saturated rings. The Bertz CT molecular complexity index is 855. The van der Waals surface area contributed by atoms with Crippen LogP contribution in [0.5, 0.6) is 0 Å². The lowest BCUT2D eigenvalue weighted by molar-refractivity contribution is -0.149. The Morgan fingerprint density at radius 3 is 2.94 bits per heavy atom. The molecule has 1 amide bonds. The number of unbranched alkanes of at least 4 members (excludes halogenated alkanes) is 2. The van der Waals surface area contributed by atoms with Crippen LogP contribution in [0.25, 0.3) is 0 Å². The number of allylic oxidation sites excluding steroid dienone is 2. The zero-order chi connectivity index (χ0) is 21.4. The number of aryl methyl sites for hydroxylation is 1. The zero-order valence-electron chi connectivity index (χ0n) is 19.2. The van der Waals surface area contributed by atoms with Gasteiger partial charge in [-0.3, -0.25) is 9.69 Å². The van der Waals surface area contributed by atoms with Gasteiger partial charge in [-0.05, 0) is 63.1 Å². The summed E-state index contributed by atoms with van der Waals surface area (Å²) in [6, 6.07) is 2.65. The topological polar surface area (TPSA) is 36.7 Å². The molecule has 5 heterocycles. The molecule has 5 aliphatic rings. The molecular weight excluding hydrogens is 384 g/mol. The van der Waals surface area contributed by atoms with Crippen LogP contribution in [0.4, 0.5) is 0 Å². The summed E-state index contributed by atoms with van der Waals surface area (Å²) >= 11 is 0. The number of rotatable bonds is 5. The number of piperidine rings is 1. The zero-order valence-corrected chi connectivity index (χ0v) is 19.2. The molecule has 6 rings (SSSR count). The van der Waals surface area contributed by atoms with Gasteiger partial charge < -0.3 is 9.32 Å². The maximum absolute atomic E-state index is 14.2. The summed E-state index contributed by atoms with van der Waals surface area (Å²) in [5.74, 6) is 2.89. The number of carbonyl (C=O) groups is 1. The van der Waals surface area contributed by atoms with Crippen molar-refractivity contribution in [3.8, 4) is 0 Å². The summed E-state index contributed by atoms with van der Waals surface area (Å²) < 4.78 is 6.59. The number of nitrogens with zero attached hydrogens (tertiary/aromatic N) is 2. The number of hydrogen-bond donors (Lipinski definition) is 0. The van der Waals surface area contributed by atoms with E-state index in [4.69, 9.17) is 4.42 Å². The molecule has 1 spiro atoms. The Kier molecular flexibility index (Phi) is 5.85. The molecule has 0 radical (unpaired) electrons. The van der Waals surface area contributed by atoms with Gasteiger partial charge in [0.05, 0.1) is 11.5 Å². The van der Waals surface area contributed by atoms with Crippen LogP contribution < -0.4 is 0 Å². The highest BCUT2D eigenvalue weighted by Gasteiger charge is 2.68. The second-order valence-electron chi connectivity index (χ2n) is 10.1. The summed E-state index contributed by atoms with van der Waals surface area (Å²) in [7, 11) is 0. The highest BCUT2D eigenvalue weighted by atomic mass is 16.3. The molecule has 4 heteroatoms. The van der Waals surface area contributed by atoms with Gasteiger partial charge in [0.2, 0.25) is 5.91 Å². The number of carbonyl (C=O) groups excluding carboxylic acids is 1. The van der Waals surface area contributed by atoms with Crippen molar-refractivity contribution >= 4 is 5.91 Å². The highest BCUT2D eigenvalue weighted by Crippen LogP contribution is 2.67. The summed E-state index contributed by atoms with van der Waals surface area (Å²) in [4.78, 5) is 18.9. The van der Waals surface area contributed by atoms with Gasteiger partial charge in [0.1, 0.15) is 11.5 Å². The molecule has 1 aromatic heterocycles. The molecule has 168 valence electrons. The average molecular weight is 423 g/mol. The van der Waals surface area contributed by atoms with Crippen LogP contribution >= 0.6 is 0 Å². The average Bonchev–Trinajstić information content (AvgIpc) is 3.38. The lowest BCUT2D eigenvalue weighted by Crippen LogP contribution is -2.52. The van der Waals surface area contributed by atoms with E-state index in [1.54, 1.807) is 0 Å². The minimum absolute atomic E-state index is 0.0806. The van der Waals surface area contributed by atoms with Gasteiger partial charge in [-0.15, -0.1) is 6.58 Å². The van der Waals surface area contributed by atoms with Crippen molar-refractivity contribution < 1.29 is 9.21 Å². The van der Waals surface area contributed by atoms with Gasteiger partial charge in [-0.1, -0.05) is 38.0 Å². The highest BCUT2D eigenvalue weighted by molar-refractivity contribution is 5.88. The molecular formula is C27H38N2O2. The van der Waals surface area contributed by atoms with Crippen molar-refractivity contribution in [1.82, 2.24) is 9.80 Å². The standard InChI is InChI=1S/C27H38N2O2/c1-3-5-11-16-29-20(4-2)19-27-23-14-17-28(26(27)30)15-12-9-7-6-8-10-13-21-18-22(23)24(31-21)25(27)29/h4,6,8,18,20,23,25H,2-3,5,7,9-17,19H2,1H3. The summed E-state index contributed by atoms with van der Waals surface area (Å²) in [5, 5.41) is 0. The third-order valence-corrected chi connectivity index (χ3v) is 8.32. The van der Waals surface area contributed by atoms with E-state index in [-0.39, 0.29) is 17.5 Å². The van der Waals surface area contributed by atoms with E-state index in [0.717, 1.165) is 76.1 Å².